The van der Waals surface area contributed by atoms with E-state index in [1.165, 1.54) is 17.1 Å². The summed E-state index contributed by atoms with van der Waals surface area (Å²) in [7, 11) is -3.60. The quantitative estimate of drug-likeness (QED) is 0.834. The summed E-state index contributed by atoms with van der Waals surface area (Å²) in [6.45, 7) is 3.66. The van der Waals surface area contributed by atoms with Crippen molar-refractivity contribution in [3.8, 4) is 0 Å². The molecule has 7 heteroatoms. The molecule has 0 radical (unpaired) electrons. The van der Waals surface area contributed by atoms with Crippen molar-refractivity contribution in [1.82, 2.24) is 14.2 Å². The molecule has 0 bridgehead atoms. The van der Waals surface area contributed by atoms with Crippen LogP contribution in [0.25, 0.3) is 10.9 Å². The zero-order valence-electron chi connectivity index (χ0n) is 16.4. The van der Waals surface area contributed by atoms with E-state index in [0.717, 1.165) is 43.1 Å². The summed E-state index contributed by atoms with van der Waals surface area (Å²) in [5, 5.41) is 4.06. The molecule has 2 heterocycles. The van der Waals surface area contributed by atoms with Crippen molar-refractivity contribution in [2.45, 2.75) is 62.9 Å². The summed E-state index contributed by atoms with van der Waals surface area (Å²) in [6, 6.07) is 7.53. The first-order valence-corrected chi connectivity index (χ1v) is 11.8. The summed E-state index contributed by atoms with van der Waals surface area (Å²) < 4.78 is 30.0. The number of nitrogens with one attached hydrogen (secondary N) is 1. The summed E-state index contributed by atoms with van der Waals surface area (Å²) in [6.07, 6.45) is 7.86. The molecule has 2 aliphatic rings. The largest absolute Gasteiger partial charge is 0.353 e. The van der Waals surface area contributed by atoms with Gasteiger partial charge in [-0.2, -0.15) is 4.31 Å². The van der Waals surface area contributed by atoms with E-state index in [2.05, 4.69) is 16.8 Å². The van der Waals surface area contributed by atoms with Gasteiger partial charge in [0.25, 0.3) is 0 Å². The molecule has 6 nitrogen and oxygen atoms in total. The maximum atomic E-state index is 13.2. The van der Waals surface area contributed by atoms with Crippen molar-refractivity contribution in [3.63, 3.8) is 0 Å². The Morgan fingerprint density at radius 1 is 1.14 bits per heavy atom. The highest BCUT2D eigenvalue weighted by Gasteiger charge is 2.34. The van der Waals surface area contributed by atoms with Gasteiger partial charge in [0.15, 0.2) is 0 Å². The van der Waals surface area contributed by atoms with Gasteiger partial charge in [-0.25, -0.2) is 8.42 Å². The Hall–Kier alpha value is -1.86. The fourth-order valence-corrected chi connectivity index (χ4v) is 6.09. The third kappa shape index (κ3) is 3.70. The fourth-order valence-electron chi connectivity index (χ4n) is 4.53. The Morgan fingerprint density at radius 3 is 2.68 bits per heavy atom. The SMILES string of the molecule is CCn1ccc2cc(S(=O)(=O)N3CCCC(C(=O)NC4CCCC4)C3)ccc21. The van der Waals surface area contributed by atoms with E-state index in [-0.39, 0.29) is 24.4 Å². The smallest absolute Gasteiger partial charge is 0.243 e. The number of sulfonamides is 1. The Morgan fingerprint density at radius 2 is 1.93 bits per heavy atom. The number of hydrogen-bond acceptors (Lipinski definition) is 3. The molecule has 1 saturated carbocycles. The van der Waals surface area contributed by atoms with E-state index in [0.29, 0.717) is 11.4 Å². The Balaban J connectivity index is 1.51. The zero-order chi connectivity index (χ0) is 19.7. The Labute approximate surface area is 166 Å². The van der Waals surface area contributed by atoms with Crippen molar-refractivity contribution in [2.24, 2.45) is 5.92 Å². The van der Waals surface area contributed by atoms with Crippen LogP contribution in [0, 0.1) is 5.92 Å². The first-order chi connectivity index (χ1) is 13.5. The van der Waals surface area contributed by atoms with E-state index in [1.54, 1.807) is 12.1 Å². The van der Waals surface area contributed by atoms with Crippen LogP contribution in [0.4, 0.5) is 0 Å². The Bertz CT molecular complexity index is 960. The minimum atomic E-state index is -3.60. The van der Waals surface area contributed by atoms with E-state index < -0.39 is 10.0 Å². The van der Waals surface area contributed by atoms with E-state index >= 15 is 0 Å². The lowest BCUT2D eigenvalue weighted by Gasteiger charge is -2.31. The van der Waals surface area contributed by atoms with Crippen LogP contribution in [-0.4, -0.2) is 42.3 Å². The number of aromatic nitrogens is 1. The van der Waals surface area contributed by atoms with Crippen molar-refractivity contribution >= 4 is 26.8 Å². The first kappa shape index (κ1) is 19.5. The second-order valence-electron chi connectivity index (χ2n) is 8.01. The summed E-state index contributed by atoms with van der Waals surface area (Å²) >= 11 is 0. The molecular formula is C21H29N3O3S. The third-order valence-corrected chi connectivity index (χ3v) is 8.04. The summed E-state index contributed by atoms with van der Waals surface area (Å²) in [5.74, 6) is -0.240. The highest BCUT2D eigenvalue weighted by atomic mass is 32.2. The van der Waals surface area contributed by atoms with Crippen LogP contribution in [0.15, 0.2) is 35.4 Å². The monoisotopic (exact) mass is 403 g/mol. The van der Waals surface area contributed by atoms with Crippen LogP contribution in [0.2, 0.25) is 0 Å². The minimum Gasteiger partial charge on any atom is -0.353 e. The van der Waals surface area contributed by atoms with Crippen LogP contribution in [0.1, 0.15) is 45.4 Å². The molecule has 0 spiro atoms. The highest BCUT2D eigenvalue weighted by molar-refractivity contribution is 7.89. The summed E-state index contributed by atoms with van der Waals surface area (Å²) in [4.78, 5) is 12.9. The van der Waals surface area contributed by atoms with Gasteiger partial charge in [0.2, 0.25) is 15.9 Å². The average Bonchev–Trinajstić information content (AvgIpc) is 3.36. The average molecular weight is 404 g/mol. The van der Waals surface area contributed by atoms with Gasteiger partial charge in [0.05, 0.1) is 10.8 Å². The molecule has 4 rings (SSSR count). The Kier molecular flexibility index (Phi) is 5.47. The van der Waals surface area contributed by atoms with Gasteiger partial charge in [-0.05, 0) is 56.9 Å². The second kappa shape index (κ2) is 7.87. The molecule has 2 fully saturated rings. The van der Waals surface area contributed by atoms with Gasteiger partial charge in [-0.15, -0.1) is 0 Å². The maximum absolute atomic E-state index is 13.2. The highest BCUT2D eigenvalue weighted by Crippen LogP contribution is 2.27. The minimum absolute atomic E-state index is 0.0160. The maximum Gasteiger partial charge on any atom is 0.243 e. The molecule has 1 amide bonds. The summed E-state index contributed by atoms with van der Waals surface area (Å²) in [5.41, 5.74) is 1.04. The van der Waals surface area contributed by atoms with Gasteiger partial charge in [-0.1, -0.05) is 12.8 Å². The van der Waals surface area contributed by atoms with Crippen LogP contribution < -0.4 is 5.32 Å². The molecule has 1 aromatic carbocycles. The third-order valence-electron chi connectivity index (χ3n) is 6.18. The van der Waals surface area contributed by atoms with Gasteiger partial charge in [0.1, 0.15) is 0 Å². The van der Waals surface area contributed by atoms with Gasteiger partial charge in [0, 0.05) is 42.8 Å². The molecule has 152 valence electrons. The lowest BCUT2D eigenvalue weighted by atomic mass is 9.98. The number of fused-ring (bicyclic) bond motifs is 1. The number of carbonyl (C=O) groups is 1. The molecular weight excluding hydrogens is 374 g/mol. The molecule has 28 heavy (non-hydrogen) atoms. The molecule has 2 aromatic rings. The van der Waals surface area contributed by atoms with Crippen LogP contribution in [-0.2, 0) is 21.4 Å². The van der Waals surface area contributed by atoms with Crippen molar-refractivity contribution in [3.05, 3.63) is 30.5 Å². The second-order valence-corrected chi connectivity index (χ2v) is 9.95. The van der Waals surface area contributed by atoms with E-state index in [9.17, 15) is 13.2 Å². The van der Waals surface area contributed by atoms with E-state index in [4.69, 9.17) is 0 Å². The lowest BCUT2D eigenvalue weighted by Crippen LogP contribution is -2.47. The molecule has 1 aliphatic carbocycles. The number of carbonyl (C=O) groups excluding carboxylic acids is 1. The van der Waals surface area contributed by atoms with Crippen molar-refractivity contribution < 1.29 is 13.2 Å². The fraction of sp³-hybridized carbons (Fsp3) is 0.571. The number of nitrogens with zero attached hydrogens (tertiary/aromatic N) is 2. The number of piperidine rings is 1. The lowest BCUT2D eigenvalue weighted by molar-refractivity contribution is -0.126. The topological polar surface area (TPSA) is 71.4 Å². The number of rotatable bonds is 5. The van der Waals surface area contributed by atoms with Crippen molar-refractivity contribution in [1.29, 1.82) is 0 Å². The molecule has 1 aromatic heterocycles. The first-order valence-electron chi connectivity index (χ1n) is 10.4. The number of benzene rings is 1. The van der Waals surface area contributed by atoms with E-state index in [1.807, 2.05) is 18.3 Å². The standard InChI is InChI=1S/C21H29N3O3S/c1-2-23-13-11-16-14-19(9-10-20(16)23)28(26,27)24-12-5-6-17(15-24)21(25)22-18-7-3-4-8-18/h9-11,13-14,17-18H,2-8,12,15H2,1H3,(H,22,25). The predicted molar refractivity (Wildman–Crippen MR) is 109 cm³/mol. The van der Waals surface area contributed by atoms with Crippen LogP contribution in [0.5, 0.6) is 0 Å². The molecule has 1 aliphatic heterocycles. The van der Waals surface area contributed by atoms with Gasteiger partial charge in [-0.3, -0.25) is 4.79 Å². The van der Waals surface area contributed by atoms with Gasteiger partial charge < -0.3 is 9.88 Å². The predicted octanol–water partition coefficient (Wildman–Crippen LogP) is 3.12. The zero-order valence-corrected chi connectivity index (χ0v) is 17.2. The molecule has 1 saturated heterocycles. The van der Waals surface area contributed by atoms with Crippen LogP contribution in [0.3, 0.4) is 0 Å². The van der Waals surface area contributed by atoms with Crippen molar-refractivity contribution in [2.75, 3.05) is 13.1 Å². The molecule has 1 atom stereocenters. The van der Waals surface area contributed by atoms with Crippen LogP contribution >= 0.6 is 0 Å². The molecule has 1 N–H and O–H groups in total. The number of amides is 1. The number of aryl methyl sites for hydroxylation is 1. The number of hydrogen-bond donors (Lipinski definition) is 1. The van der Waals surface area contributed by atoms with Gasteiger partial charge >= 0.3 is 0 Å². The molecule has 1 unspecified atom stereocenters. The normalized spacial score (nSPS) is 22.0.